The number of likely N-dealkylation sites (N-methyl/N-ethyl adjacent to an activating group) is 1. The molecule has 26 heavy (non-hydrogen) atoms. The van der Waals surface area contributed by atoms with Crippen molar-refractivity contribution in [2.75, 3.05) is 25.5 Å². The molecule has 8 heteroatoms. The SMILES string of the molecule is CN(CC(=O)Nc1ccc(F)cc1)C(=O)COc1ccc(C(N)=O)cc1. The molecule has 2 aromatic carbocycles. The molecule has 0 saturated heterocycles. The lowest BCUT2D eigenvalue weighted by atomic mass is 10.2. The Bertz CT molecular complexity index is 791. The van der Waals surface area contributed by atoms with Crippen LogP contribution >= 0.6 is 0 Å². The van der Waals surface area contributed by atoms with Gasteiger partial charge in [0.15, 0.2) is 6.61 Å². The van der Waals surface area contributed by atoms with E-state index in [0.717, 1.165) is 0 Å². The molecule has 7 nitrogen and oxygen atoms in total. The van der Waals surface area contributed by atoms with Crippen LogP contribution in [-0.2, 0) is 9.59 Å². The van der Waals surface area contributed by atoms with Gasteiger partial charge >= 0.3 is 0 Å². The molecule has 3 amide bonds. The molecule has 136 valence electrons. The lowest BCUT2D eigenvalue weighted by molar-refractivity contribution is -0.135. The zero-order valence-corrected chi connectivity index (χ0v) is 14.1. The number of primary amides is 1. The molecule has 0 spiro atoms. The molecule has 0 aromatic heterocycles. The van der Waals surface area contributed by atoms with Gasteiger partial charge in [0.25, 0.3) is 5.91 Å². The van der Waals surface area contributed by atoms with Crippen molar-refractivity contribution < 1.29 is 23.5 Å². The van der Waals surface area contributed by atoms with Crippen LogP contribution in [0.25, 0.3) is 0 Å². The van der Waals surface area contributed by atoms with Gasteiger partial charge in [0.1, 0.15) is 11.6 Å². The first-order valence-electron chi connectivity index (χ1n) is 7.67. The molecule has 0 aliphatic rings. The average molecular weight is 359 g/mol. The van der Waals surface area contributed by atoms with Crippen LogP contribution in [-0.4, -0.2) is 42.8 Å². The van der Waals surface area contributed by atoms with E-state index in [1.807, 2.05) is 0 Å². The molecule has 0 fully saturated rings. The fourth-order valence-corrected chi connectivity index (χ4v) is 2.01. The Kier molecular flexibility index (Phi) is 6.26. The summed E-state index contributed by atoms with van der Waals surface area (Å²) < 4.78 is 18.1. The largest absolute Gasteiger partial charge is 0.484 e. The summed E-state index contributed by atoms with van der Waals surface area (Å²) in [7, 11) is 1.46. The number of nitrogens with zero attached hydrogens (tertiary/aromatic N) is 1. The molecular weight excluding hydrogens is 341 g/mol. The summed E-state index contributed by atoms with van der Waals surface area (Å²) in [5, 5.41) is 2.56. The molecule has 0 heterocycles. The van der Waals surface area contributed by atoms with Crippen molar-refractivity contribution in [1.82, 2.24) is 4.90 Å². The van der Waals surface area contributed by atoms with E-state index in [9.17, 15) is 18.8 Å². The normalized spacial score (nSPS) is 10.1. The molecule has 2 rings (SSSR count). The van der Waals surface area contributed by atoms with E-state index in [4.69, 9.17) is 10.5 Å². The monoisotopic (exact) mass is 359 g/mol. The van der Waals surface area contributed by atoms with E-state index in [1.54, 1.807) is 0 Å². The predicted molar refractivity (Wildman–Crippen MR) is 93.1 cm³/mol. The molecule has 0 atom stereocenters. The summed E-state index contributed by atoms with van der Waals surface area (Å²) in [6.07, 6.45) is 0. The second kappa shape index (κ2) is 8.61. The van der Waals surface area contributed by atoms with Crippen LogP contribution in [0.15, 0.2) is 48.5 Å². The zero-order chi connectivity index (χ0) is 19.1. The standard InChI is InChI=1S/C18H18FN3O4/c1-22(10-16(23)21-14-6-4-13(19)5-7-14)17(24)11-26-15-8-2-12(3-9-15)18(20)25/h2-9H,10-11H2,1H3,(H2,20,25)(H,21,23). The Balaban J connectivity index is 1.80. The van der Waals surface area contributed by atoms with Crippen molar-refractivity contribution >= 4 is 23.4 Å². The van der Waals surface area contributed by atoms with Gasteiger partial charge < -0.3 is 20.7 Å². The average Bonchev–Trinajstić information content (AvgIpc) is 2.61. The Morgan fingerprint density at radius 2 is 1.69 bits per heavy atom. The summed E-state index contributed by atoms with van der Waals surface area (Å²) in [4.78, 5) is 36.1. The molecule has 0 aliphatic heterocycles. The second-order valence-corrected chi connectivity index (χ2v) is 5.48. The fourth-order valence-electron chi connectivity index (χ4n) is 2.01. The van der Waals surface area contributed by atoms with Crippen LogP contribution < -0.4 is 15.8 Å². The van der Waals surface area contributed by atoms with Crippen molar-refractivity contribution in [3.05, 3.63) is 59.9 Å². The third-order valence-electron chi connectivity index (χ3n) is 3.44. The van der Waals surface area contributed by atoms with Crippen molar-refractivity contribution in [1.29, 1.82) is 0 Å². The third-order valence-corrected chi connectivity index (χ3v) is 3.44. The highest BCUT2D eigenvalue weighted by Crippen LogP contribution is 2.12. The van der Waals surface area contributed by atoms with Gasteiger partial charge in [-0.15, -0.1) is 0 Å². The molecule has 0 bridgehead atoms. The third kappa shape index (κ3) is 5.59. The summed E-state index contributed by atoms with van der Waals surface area (Å²) in [6.45, 7) is -0.448. The van der Waals surface area contributed by atoms with Crippen molar-refractivity contribution in [2.45, 2.75) is 0 Å². The summed E-state index contributed by atoms with van der Waals surface area (Å²) >= 11 is 0. The zero-order valence-electron chi connectivity index (χ0n) is 14.1. The van der Waals surface area contributed by atoms with E-state index in [2.05, 4.69) is 5.32 Å². The number of nitrogens with one attached hydrogen (secondary N) is 1. The maximum Gasteiger partial charge on any atom is 0.260 e. The second-order valence-electron chi connectivity index (χ2n) is 5.48. The van der Waals surface area contributed by atoms with Gasteiger partial charge in [-0.3, -0.25) is 14.4 Å². The first kappa shape index (κ1) is 18.9. The number of amides is 3. The van der Waals surface area contributed by atoms with Gasteiger partial charge in [-0.05, 0) is 48.5 Å². The van der Waals surface area contributed by atoms with Crippen LogP contribution in [0.3, 0.4) is 0 Å². The number of nitrogens with two attached hydrogens (primary N) is 1. The Morgan fingerprint density at radius 3 is 2.27 bits per heavy atom. The first-order chi connectivity index (χ1) is 12.3. The highest BCUT2D eigenvalue weighted by atomic mass is 19.1. The quantitative estimate of drug-likeness (QED) is 0.780. The number of halogens is 1. The number of carbonyl (C=O) groups excluding carboxylic acids is 3. The minimum absolute atomic E-state index is 0.180. The van der Waals surface area contributed by atoms with E-state index >= 15 is 0 Å². The minimum Gasteiger partial charge on any atom is -0.484 e. The van der Waals surface area contributed by atoms with Crippen molar-refractivity contribution in [2.24, 2.45) is 5.73 Å². The highest BCUT2D eigenvalue weighted by molar-refractivity contribution is 5.94. The number of rotatable bonds is 7. The van der Waals surface area contributed by atoms with E-state index in [0.29, 0.717) is 17.0 Å². The molecule has 3 N–H and O–H groups in total. The first-order valence-corrected chi connectivity index (χ1v) is 7.67. The van der Waals surface area contributed by atoms with Crippen LogP contribution in [0.2, 0.25) is 0 Å². The molecule has 0 aliphatic carbocycles. The fraction of sp³-hybridized carbons (Fsp3) is 0.167. The molecular formula is C18H18FN3O4. The van der Waals surface area contributed by atoms with Crippen LogP contribution in [0.5, 0.6) is 5.75 Å². The number of hydrogen-bond donors (Lipinski definition) is 2. The smallest absolute Gasteiger partial charge is 0.260 e. The van der Waals surface area contributed by atoms with Crippen LogP contribution in [0.4, 0.5) is 10.1 Å². The van der Waals surface area contributed by atoms with Gasteiger partial charge in [-0.1, -0.05) is 0 Å². The van der Waals surface area contributed by atoms with Gasteiger partial charge in [-0.2, -0.15) is 0 Å². The maximum atomic E-state index is 12.8. The van der Waals surface area contributed by atoms with Crippen molar-refractivity contribution in [3.8, 4) is 5.75 Å². The van der Waals surface area contributed by atoms with Crippen LogP contribution in [0, 0.1) is 5.82 Å². The number of benzene rings is 2. The summed E-state index contributed by atoms with van der Waals surface area (Å²) in [5.74, 6) is -1.39. The molecule has 0 radical (unpaired) electrons. The van der Waals surface area contributed by atoms with Gasteiger partial charge in [0.2, 0.25) is 11.8 Å². The number of hydrogen-bond acceptors (Lipinski definition) is 4. The Labute approximate surface area is 149 Å². The molecule has 0 saturated carbocycles. The summed E-state index contributed by atoms with van der Waals surface area (Å²) in [6, 6.07) is 11.3. The highest BCUT2D eigenvalue weighted by Gasteiger charge is 2.14. The predicted octanol–water partition coefficient (Wildman–Crippen LogP) is 1.40. The molecule has 0 unspecified atom stereocenters. The minimum atomic E-state index is -0.556. The Morgan fingerprint density at radius 1 is 1.08 bits per heavy atom. The van der Waals surface area contributed by atoms with Gasteiger partial charge in [0.05, 0.1) is 6.54 Å². The Hall–Kier alpha value is -3.42. The number of carbonyl (C=O) groups is 3. The van der Waals surface area contributed by atoms with E-state index in [-0.39, 0.29) is 13.2 Å². The summed E-state index contributed by atoms with van der Waals surface area (Å²) in [5.41, 5.74) is 5.90. The van der Waals surface area contributed by atoms with Gasteiger partial charge in [-0.25, -0.2) is 4.39 Å². The van der Waals surface area contributed by atoms with Gasteiger partial charge in [0, 0.05) is 18.3 Å². The lowest BCUT2D eigenvalue weighted by Crippen LogP contribution is -2.37. The lowest BCUT2D eigenvalue weighted by Gasteiger charge is -2.17. The maximum absolute atomic E-state index is 12.8. The van der Waals surface area contributed by atoms with Crippen LogP contribution in [0.1, 0.15) is 10.4 Å². The van der Waals surface area contributed by atoms with Crippen molar-refractivity contribution in [3.63, 3.8) is 0 Å². The van der Waals surface area contributed by atoms with E-state index < -0.39 is 23.5 Å². The number of ether oxygens (including phenoxy) is 1. The topological polar surface area (TPSA) is 102 Å². The number of anilines is 1. The van der Waals surface area contributed by atoms with E-state index in [1.165, 1.54) is 60.5 Å². The molecule has 2 aromatic rings.